The highest BCUT2D eigenvalue weighted by Gasteiger charge is 2.23. The molecule has 0 bridgehead atoms. The Kier molecular flexibility index (Phi) is 4.77. The van der Waals surface area contributed by atoms with Gasteiger partial charge in [-0.1, -0.05) is 24.1 Å². The van der Waals surface area contributed by atoms with Crippen LogP contribution in [0.3, 0.4) is 0 Å². The fourth-order valence-electron chi connectivity index (χ4n) is 2.31. The topological polar surface area (TPSA) is 32.3 Å². The van der Waals surface area contributed by atoms with Crippen LogP contribution in [0, 0.1) is 5.82 Å². The van der Waals surface area contributed by atoms with Crippen LogP contribution in [-0.4, -0.2) is 30.4 Å². The van der Waals surface area contributed by atoms with Crippen LogP contribution in [0.15, 0.2) is 18.2 Å². The van der Waals surface area contributed by atoms with Gasteiger partial charge >= 0.3 is 0 Å². The van der Waals surface area contributed by atoms with E-state index in [1.165, 1.54) is 12.1 Å². The van der Waals surface area contributed by atoms with Crippen molar-refractivity contribution in [2.45, 2.75) is 31.8 Å². The third kappa shape index (κ3) is 3.67. The van der Waals surface area contributed by atoms with Crippen LogP contribution in [0.1, 0.15) is 24.8 Å². The number of carbonyl (C=O) groups excluding carboxylic acids is 1. The van der Waals surface area contributed by atoms with Crippen molar-refractivity contribution in [3.8, 4) is 0 Å². The average molecular weight is 285 g/mol. The minimum atomic E-state index is -0.364. The Morgan fingerprint density at radius 2 is 2.32 bits per heavy atom. The van der Waals surface area contributed by atoms with Crippen molar-refractivity contribution >= 4 is 17.5 Å². The van der Waals surface area contributed by atoms with Crippen molar-refractivity contribution in [3.05, 3.63) is 34.6 Å². The molecular weight excluding hydrogens is 267 g/mol. The number of nitrogens with one attached hydrogen (secondary N) is 1. The lowest BCUT2D eigenvalue weighted by atomic mass is 10.0. The number of hydrogen-bond acceptors (Lipinski definition) is 2. The van der Waals surface area contributed by atoms with Crippen LogP contribution in [-0.2, 0) is 11.3 Å². The molecule has 5 heteroatoms. The van der Waals surface area contributed by atoms with E-state index in [0.29, 0.717) is 11.6 Å². The Morgan fingerprint density at radius 1 is 1.53 bits per heavy atom. The summed E-state index contributed by atoms with van der Waals surface area (Å²) >= 11 is 5.97. The Balaban J connectivity index is 1.99. The smallest absolute Gasteiger partial charge is 0.239 e. The zero-order valence-electron chi connectivity index (χ0n) is 11.0. The number of piperidine rings is 1. The second-order valence-corrected chi connectivity index (χ2v) is 5.34. The monoisotopic (exact) mass is 284 g/mol. The molecule has 2 rings (SSSR count). The van der Waals surface area contributed by atoms with Gasteiger partial charge in [0, 0.05) is 18.6 Å². The number of benzene rings is 1. The molecule has 1 aromatic carbocycles. The fourth-order valence-corrected chi connectivity index (χ4v) is 2.54. The van der Waals surface area contributed by atoms with Gasteiger partial charge in [0.1, 0.15) is 5.82 Å². The third-order valence-corrected chi connectivity index (χ3v) is 3.76. The average Bonchev–Trinajstić information content (AvgIpc) is 2.42. The molecule has 0 aromatic heterocycles. The van der Waals surface area contributed by atoms with Crippen molar-refractivity contribution in [1.29, 1.82) is 0 Å². The van der Waals surface area contributed by atoms with E-state index in [2.05, 4.69) is 5.32 Å². The summed E-state index contributed by atoms with van der Waals surface area (Å²) in [6.07, 6.45) is 3.08. The summed E-state index contributed by atoms with van der Waals surface area (Å²) < 4.78 is 13.0. The molecule has 1 aliphatic heterocycles. The molecule has 0 spiro atoms. The van der Waals surface area contributed by atoms with E-state index in [9.17, 15) is 9.18 Å². The molecule has 0 radical (unpaired) electrons. The van der Waals surface area contributed by atoms with Crippen LogP contribution in [0.25, 0.3) is 0 Å². The second kappa shape index (κ2) is 6.35. The van der Waals surface area contributed by atoms with Gasteiger partial charge in [-0.3, -0.25) is 4.79 Å². The highest BCUT2D eigenvalue weighted by atomic mass is 35.5. The van der Waals surface area contributed by atoms with Crippen molar-refractivity contribution in [3.63, 3.8) is 0 Å². The van der Waals surface area contributed by atoms with Crippen LogP contribution in [0.4, 0.5) is 4.39 Å². The predicted molar refractivity (Wildman–Crippen MR) is 73.5 cm³/mol. The molecule has 0 saturated carbocycles. The molecule has 1 aromatic rings. The quantitative estimate of drug-likeness (QED) is 0.925. The van der Waals surface area contributed by atoms with Crippen LogP contribution < -0.4 is 5.32 Å². The number of likely N-dealkylation sites (N-methyl/N-ethyl adjacent to an activating group) is 1. The van der Waals surface area contributed by atoms with E-state index < -0.39 is 0 Å². The Labute approximate surface area is 117 Å². The van der Waals surface area contributed by atoms with E-state index >= 15 is 0 Å². The van der Waals surface area contributed by atoms with Crippen molar-refractivity contribution in [1.82, 2.24) is 10.2 Å². The SMILES string of the molecule is CN(Cc1ccc(F)cc1Cl)C(=O)C1CCCCN1. The first kappa shape index (κ1) is 14.3. The summed E-state index contributed by atoms with van der Waals surface area (Å²) in [7, 11) is 1.75. The van der Waals surface area contributed by atoms with Crippen LogP contribution >= 0.6 is 11.6 Å². The van der Waals surface area contributed by atoms with Gasteiger partial charge in [-0.25, -0.2) is 4.39 Å². The van der Waals surface area contributed by atoms with Gasteiger partial charge in [-0.2, -0.15) is 0 Å². The lowest BCUT2D eigenvalue weighted by molar-refractivity contribution is -0.133. The third-order valence-electron chi connectivity index (χ3n) is 3.41. The first-order valence-corrected chi connectivity index (χ1v) is 6.88. The van der Waals surface area contributed by atoms with Gasteiger partial charge in [-0.05, 0) is 37.1 Å². The first-order chi connectivity index (χ1) is 9.08. The van der Waals surface area contributed by atoms with Crippen molar-refractivity contribution in [2.75, 3.05) is 13.6 Å². The second-order valence-electron chi connectivity index (χ2n) is 4.93. The summed E-state index contributed by atoms with van der Waals surface area (Å²) in [6, 6.07) is 4.15. The fraction of sp³-hybridized carbons (Fsp3) is 0.500. The number of rotatable bonds is 3. The number of halogens is 2. The molecule has 1 atom stereocenters. The maximum Gasteiger partial charge on any atom is 0.239 e. The van der Waals surface area contributed by atoms with Gasteiger partial charge in [0.2, 0.25) is 5.91 Å². The summed E-state index contributed by atoms with van der Waals surface area (Å²) in [4.78, 5) is 13.9. The molecular formula is C14H18ClFN2O. The van der Waals surface area contributed by atoms with Gasteiger partial charge in [0.25, 0.3) is 0 Å². The molecule has 1 heterocycles. The molecule has 19 heavy (non-hydrogen) atoms. The summed E-state index contributed by atoms with van der Waals surface area (Å²) in [6.45, 7) is 1.29. The maximum atomic E-state index is 13.0. The molecule has 3 nitrogen and oxygen atoms in total. The van der Waals surface area contributed by atoms with Crippen molar-refractivity contribution in [2.24, 2.45) is 0 Å². The summed E-state index contributed by atoms with van der Waals surface area (Å²) in [5.74, 6) is -0.295. The number of carbonyl (C=O) groups is 1. The van der Waals surface area contributed by atoms with Crippen molar-refractivity contribution < 1.29 is 9.18 Å². The summed E-state index contributed by atoms with van der Waals surface area (Å²) in [5, 5.41) is 3.58. The highest BCUT2D eigenvalue weighted by Crippen LogP contribution is 2.19. The van der Waals surface area contributed by atoms with Gasteiger partial charge in [-0.15, -0.1) is 0 Å². The highest BCUT2D eigenvalue weighted by molar-refractivity contribution is 6.31. The first-order valence-electron chi connectivity index (χ1n) is 6.50. The minimum absolute atomic E-state index is 0.0695. The predicted octanol–water partition coefficient (Wildman–Crippen LogP) is 2.58. The Hall–Kier alpha value is -1.13. The van der Waals surface area contributed by atoms with Gasteiger partial charge in [0.15, 0.2) is 0 Å². The molecule has 1 saturated heterocycles. The summed E-state index contributed by atoms with van der Waals surface area (Å²) in [5.41, 5.74) is 0.759. The molecule has 1 aliphatic rings. The van der Waals surface area contributed by atoms with E-state index in [1.807, 2.05) is 0 Å². The molecule has 1 unspecified atom stereocenters. The lowest BCUT2D eigenvalue weighted by Gasteiger charge is -2.27. The zero-order chi connectivity index (χ0) is 13.8. The Morgan fingerprint density at radius 3 is 2.95 bits per heavy atom. The molecule has 0 aliphatic carbocycles. The zero-order valence-corrected chi connectivity index (χ0v) is 11.7. The lowest BCUT2D eigenvalue weighted by Crippen LogP contribution is -2.47. The molecule has 104 valence electrons. The number of hydrogen-bond donors (Lipinski definition) is 1. The number of amides is 1. The van der Waals surface area contributed by atoms with Gasteiger partial charge < -0.3 is 10.2 Å². The van der Waals surface area contributed by atoms with E-state index in [0.717, 1.165) is 31.4 Å². The minimum Gasteiger partial charge on any atom is -0.340 e. The molecule has 1 amide bonds. The van der Waals surface area contributed by atoms with Gasteiger partial charge in [0.05, 0.1) is 6.04 Å². The molecule has 1 N–H and O–H groups in total. The van der Waals surface area contributed by atoms with E-state index in [1.54, 1.807) is 18.0 Å². The van der Waals surface area contributed by atoms with Crippen LogP contribution in [0.5, 0.6) is 0 Å². The molecule has 1 fully saturated rings. The maximum absolute atomic E-state index is 13.0. The van der Waals surface area contributed by atoms with E-state index in [-0.39, 0.29) is 17.8 Å². The van der Waals surface area contributed by atoms with E-state index in [4.69, 9.17) is 11.6 Å². The normalized spacial score (nSPS) is 19.2. The Bertz CT molecular complexity index is 461. The van der Waals surface area contributed by atoms with Crippen LogP contribution in [0.2, 0.25) is 5.02 Å². The standard InChI is InChI=1S/C14H18ClFN2O/c1-18(14(19)13-4-2-3-7-17-13)9-10-5-6-11(16)8-12(10)15/h5-6,8,13,17H,2-4,7,9H2,1H3. The largest absolute Gasteiger partial charge is 0.340 e. The number of nitrogens with zero attached hydrogens (tertiary/aromatic N) is 1.